The Labute approximate surface area is 188 Å². The van der Waals surface area contributed by atoms with Crippen molar-refractivity contribution >= 4 is 12.2 Å². The van der Waals surface area contributed by atoms with Gasteiger partial charge in [-0.05, 0) is 17.2 Å². The largest absolute Gasteiger partial charge is 0.228 e. The third-order valence-corrected chi connectivity index (χ3v) is 5.30. The fourth-order valence-electron chi connectivity index (χ4n) is 3.59. The Morgan fingerprint density at radius 1 is 0.406 bits per heavy atom. The molecule has 0 unspecified atom stereocenters. The van der Waals surface area contributed by atoms with E-state index >= 15 is 0 Å². The maximum Gasteiger partial charge on any atom is 0.160 e. The Kier molecular flexibility index (Phi) is 5.67. The Morgan fingerprint density at radius 2 is 0.844 bits per heavy atom. The van der Waals surface area contributed by atoms with Crippen LogP contribution in [0.15, 0.2) is 121 Å². The molecule has 5 rings (SSSR count). The molecule has 0 spiro atoms. The quantitative estimate of drug-likeness (QED) is 0.278. The van der Waals surface area contributed by atoms with Gasteiger partial charge >= 0.3 is 0 Å². The minimum absolute atomic E-state index is 0.726. The van der Waals surface area contributed by atoms with Gasteiger partial charge in [0.05, 0.1) is 11.4 Å². The Morgan fingerprint density at radius 3 is 1.34 bits per heavy atom. The molecule has 0 bridgehead atoms. The maximum absolute atomic E-state index is 4.89. The first-order valence-corrected chi connectivity index (χ1v) is 10.7. The molecular weight excluding hydrogens is 388 g/mol. The van der Waals surface area contributed by atoms with Crippen molar-refractivity contribution in [2.75, 3.05) is 0 Å². The predicted octanol–water partition coefficient (Wildman–Crippen LogP) is 7.65. The van der Waals surface area contributed by atoms with Crippen LogP contribution >= 0.6 is 0 Å². The van der Waals surface area contributed by atoms with E-state index < -0.39 is 0 Å². The van der Waals surface area contributed by atoms with E-state index in [2.05, 4.69) is 78.9 Å². The lowest BCUT2D eigenvalue weighted by Gasteiger charge is -2.09. The van der Waals surface area contributed by atoms with Gasteiger partial charge in [0.25, 0.3) is 0 Å². The summed E-state index contributed by atoms with van der Waals surface area (Å²) in [4.78, 5) is 9.79. The number of hydrogen-bond donors (Lipinski definition) is 0. The first-order valence-electron chi connectivity index (χ1n) is 10.7. The van der Waals surface area contributed by atoms with Crippen LogP contribution in [0.25, 0.3) is 46.1 Å². The maximum atomic E-state index is 4.89. The van der Waals surface area contributed by atoms with Crippen LogP contribution < -0.4 is 0 Å². The molecule has 0 aliphatic rings. The average Bonchev–Trinajstić information content (AvgIpc) is 2.89. The second-order valence-electron chi connectivity index (χ2n) is 7.56. The molecule has 0 radical (unpaired) electrons. The van der Waals surface area contributed by atoms with Crippen LogP contribution in [0.3, 0.4) is 0 Å². The van der Waals surface area contributed by atoms with Crippen molar-refractivity contribution < 1.29 is 0 Å². The summed E-state index contributed by atoms with van der Waals surface area (Å²) in [7, 11) is 0. The fourth-order valence-corrected chi connectivity index (χ4v) is 3.59. The number of rotatable bonds is 5. The van der Waals surface area contributed by atoms with E-state index in [1.54, 1.807) is 0 Å². The van der Waals surface area contributed by atoms with Gasteiger partial charge in [-0.25, -0.2) is 9.97 Å². The number of hydrogen-bond acceptors (Lipinski definition) is 2. The third-order valence-electron chi connectivity index (χ3n) is 5.30. The highest BCUT2D eigenvalue weighted by atomic mass is 14.9. The van der Waals surface area contributed by atoms with Gasteiger partial charge in [0.2, 0.25) is 0 Å². The van der Waals surface area contributed by atoms with Gasteiger partial charge in [-0.1, -0.05) is 127 Å². The molecule has 2 nitrogen and oxygen atoms in total. The summed E-state index contributed by atoms with van der Waals surface area (Å²) in [5.74, 6) is 0.726. The number of aromatic nitrogens is 2. The van der Waals surface area contributed by atoms with Gasteiger partial charge in [-0.3, -0.25) is 0 Å². The van der Waals surface area contributed by atoms with E-state index in [4.69, 9.17) is 9.97 Å². The molecule has 0 atom stereocenters. The van der Waals surface area contributed by atoms with Gasteiger partial charge in [0.1, 0.15) is 0 Å². The highest BCUT2D eigenvalue weighted by Crippen LogP contribution is 2.27. The van der Waals surface area contributed by atoms with Gasteiger partial charge in [0, 0.05) is 16.7 Å². The van der Waals surface area contributed by atoms with E-state index in [0.29, 0.717) is 0 Å². The molecule has 152 valence electrons. The van der Waals surface area contributed by atoms with Gasteiger partial charge < -0.3 is 0 Å². The van der Waals surface area contributed by atoms with E-state index in [0.717, 1.165) is 39.5 Å². The van der Waals surface area contributed by atoms with Gasteiger partial charge in [-0.15, -0.1) is 0 Å². The van der Waals surface area contributed by atoms with Crippen molar-refractivity contribution in [3.8, 4) is 33.9 Å². The van der Waals surface area contributed by atoms with Crippen molar-refractivity contribution in [2.24, 2.45) is 0 Å². The summed E-state index contributed by atoms with van der Waals surface area (Å²) in [6.07, 6.45) is 4.24. The minimum atomic E-state index is 0.726. The highest BCUT2D eigenvalue weighted by molar-refractivity contribution is 5.73. The van der Waals surface area contributed by atoms with Crippen molar-refractivity contribution in [1.29, 1.82) is 0 Å². The van der Waals surface area contributed by atoms with Crippen molar-refractivity contribution in [3.05, 3.63) is 132 Å². The molecule has 0 aliphatic heterocycles. The second kappa shape index (κ2) is 9.23. The van der Waals surface area contributed by atoms with E-state index in [1.807, 2.05) is 54.6 Å². The molecule has 2 heteroatoms. The molecule has 1 aromatic heterocycles. The second-order valence-corrected chi connectivity index (χ2v) is 7.56. The normalized spacial score (nSPS) is 11.0. The SMILES string of the molecule is C(=C\c1ccc(-c2nc(-c3ccccc3)cc(-c3ccccc3)n2)cc1)/c1ccccc1. The van der Waals surface area contributed by atoms with Crippen LogP contribution in [0.4, 0.5) is 0 Å². The molecule has 0 amide bonds. The molecule has 32 heavy (non-hydrogen) atoms. The topological polar surface area (TPSA) is 25.8 Å². The molecule has 0 saturated carbocycles. The van der Waals surface area contributed by atoms with Crippen molar-refractivity contribution in [2.45, 2.75) is 0 Å². The van der Waals surface area contributed by atoms with Crippen LogP contribution in [0, 0.1) is 0 Å². The molecule has 0 saturated heterocycles. The summed E-state index contributed by atoms with van der Waals surface area (Å²) < 4.78 is 0. The van der Waals surface area contributed by atoms with Crippen LogP contribution in [-0.4, -0.2) is 9.97 Å². The van der Waals surface area contributed by atoms with E-state index in [1.165, 1.54) is 5.56 Å². The lowest BCUT2D eigenvalue weighted by Crippen LogP contribution is -1.95. The molecule has 0 aliphatic carbocycles. The fraction of sp³-hybridized carbons (Fsp3) is 0. The predicted molar refractivity (Wildman–Crippen MR) is 134 cm³/mol. The van der Waals surface area contributed by atoms with Crippen molar-refractivity contribution in [1.82, 2.24) is 9.97 Å². The minimum Gasteiger partial charge on any atom is -0.228 e. The monoisotopic (exact) mass is 410 g/mol. The Bertz CT molecular complexity index is 1270. The number of nitrogens with zero attached hydrogens (tertiary/aromatic N) is 2. The first-order chi connectivity index (χ1) is 15.8. The van der Waals surface area contributed by atoms with Crippen LogP contribution in [0.2, 0.25) is 0 Å². The first kappa shape index (κ1) is 19.7. The van der Waals surface area contributed by atoms with Gasteiger partial charge in [0.15, 0.2) is 5.82 Å². The lowest BCUT2D eigenvalue weighted by molar-refractivity contribution is 1.18. The smallest absolute Gasteiger partial charge is 0.160 e. The van der Waals surface area contributed by atoms with Crippen LogP contribution in [0.1, 0.15) is 11.1 Å². The van der Waals surface area contributed by atoms with Gasteiger partial charge in [-0.2, -0.15) is 0 Å². The molecule has 5 aromatic rings. The molecule has 0 N–H and O–H groups in total. The third kappa shape index (κ3) is 4.55. The summed E-state index contributed by atoms with van der Waals surface area (Å²) in [6.45, 7) is 0. The summed E-state index contributed by atoms with van der Waals surface area (Å²) in [5, 5.41) is 0. The van der Waals surface area contributed by atoms with E-state index in [9.17, 15) is 0 Å². The summed E-state index contributed by atoms with van der Waals surface area (Å²) >= 11 is 0. The summed E-state index contributed by atoms with van der Waals surface area (Å²) in [6, 6.07) is 41.3. The van der Waals surface area contributed by atoms with Crippen molar-refractivity contribution in [3.63, 3.8) is 0 Å². The molecule has 4 aromatic carbocycles. The molecule has 0 fully saturated rings. The zero-order valence-corrected chi connectivity index (χ0v) is 17.6. The molecule has 1 heterocycles. The zero-order chi connectivity index (χ0) is 21.6. The van der Waals surface area contributed by atoms with E-state index in [-0.39, 0.29) is 0 Å². The highest BCUT2D eigenvalue weighted by Gasteiger charge is 2.10. The standard InChI is InChI=1S/C30H22N2/c1-4-10-23(11-5-1)16-17-24-18-20-27(21-19-24)30-31-28(25-12-6-2-7-13-25)22-29(32-30)26-14-8-3-9-15-26/h1-22H/b17-16+. The Balaban J connectivity index is 1.51. The zero-order valence-electron chi connectivity index (χ0n) is 17.6. The van der Waals surface area contributed by atoms with Crippen LogP contribution in [-0.2, 0) is 0 Å². The lowest BCUT2D eigenvalue weighted by atomic mass is 10.1. The Hall–Kier alpha value is -4.30. The number of benzene rings is 4. The molecular formula is C30H22N2. The van der Waals surface area contributed by atoms with Crippen LogP contribution in [0.5, 0.6) is 0 Å². The summed E-state index contributed by atoms with van der Waals surface area (Å²) in [5.41, 5.74) is 7.32. The average molecular weight is 411 g/mol.